The van der Waals surface area contributed by atoms with Gasteiger partial charge in [0.15, 0.2) is 0 Å². The van der Waals surface area contributed by atoms with Crippen molar-refractivity contribution in [2.75, 3.05) is 5.73 Å². The highest BCUT2D eigenvalue weighted by atomic mass is 19.1. The molecule has 0 unspecified atom stereocenters. The van der Waals surface area contributed by atoms with Crippen LogP contribution >= 0.6 is 0 Å². The van der Waals surface area contributed by atoms with E-state index in [0.717, 1.165) is 18.2 Å². The summed E-state index contributed by atoms with van der Waals surface area (Å²) in [6.07, 6.45) is 0. The third kappa shape index (κ3) is 1.96. The largest absolute Gasteiger partial charge is 0.399 e. The van der Waals surface area contributed by atoms with E-state index in [2.05, 4.69) is 0 Å². The Hall–Kier alpha value is -1.90. The predicted molar refractivity (Wildman–Crippen MR) is 56.2 cm³/mol. The molecule has 0 heterocycles. The molecule has 0 aliphatic heterocycles. The van der Waals surface area contributed by atoms with Gasteiger partial charge in [0.05, 0.1) is 0 Å². The molecule has 0 spiro atoms. The van der Waals surface area contributed by atoms with Gasteiger partial charge in [-0.05, 0) is 35.9 Å². The molecule has 0 amide bonds. The number of hydrogen-bond donors (Lipinski definition) is 1. The Balaban J connectivity index is 2.58. The van der Waals surface area contributed by atoms with Gasteiger partial charge in [0.2, 0.25) is 0 Å². The van der Waals surface area contributed by atoms with Crippen molar-refractivity contribution < 1.29 is 8.78 Å². The number of anilines is 1. The van der Waals surface area contributed by atoms with E-state index in [4.69, 9.17) is 5.73 Å². The van der Waals surface area contributed by atoms with Gasteiger partial charge in [-0.25, -0.2) is 8.78 Å². The highest BCUT2D eigenvalue weighted by Crippen LogP contribution is 2.24. The molecule has 0 radical (unpaired) electrons. The number of halogens is 2. The Morgan fingerprint density at radius 3 is 2.47 bits per heavy atom. The molecule has 0 bridgehead atoms. The molecule has 2 aromatic carbocycles. The lowest BCUT2D eigenvalue weighted by Gasteiger charge is -2.04. The van der Waals surface area contributed by atoms with Crippen molar-refractivity contribution in [3.8, 4) is 11.1 Å². The lowest BCUT2D eigenvalue weighted by Crippen LogP contribution is -1.89. The van der Waals surface area contributed by atoms with Crippen LogP contribution in [0.4, 0.5) is 14.5 Å². The van der Waals surface area contributed by atoms with Gasteiger partial charge >= 0.3 is 0 Å². The van der Waals surface area contributed by atoms with E-state index in [1.165, 1.54) is 0 Å². The minimum Gasteiger partial charge on any atom is -0.399 e. The number of benzene rings is 2. The lowest BCUT2D eigenvalue weighted by atomic mass is 10.0. The zero-order valence-corrected chi connectivity index (χ0v) is 7.87. The molecule has 3 heteroatoms. The zero-order chi connectivity index (χ0) is 10.8. The molecule has 1 nitrogen and oxygen atoms in total. The van der Waals surface area contributed by atoms with Crippen LogP contribution in [-0.2, 0) is 0 Å². The van der Waals surface area contributed by atoms with Crippen LogP contribution in [0.2, 0.25) is 0 Å². The summed E-state index contributed by atoms with van der Waals surface area (Å²) in [5.41, 5.74) is 6.89. The van der Waals surface area contributed by atoms with Crippen LogP contribution in [0.1, 0.15) is 0 Å². The first kappa shape index (κ1) is 9.65. The molecule has 0 atom stereocenters. The van der Waals surface area contributed by atoms with E-state index < -0.39 is 11.6 Å². The van der Waals surface area contributed by atoms with E-state index in [1.54, 1.807) is 24.3 Å². The van der Waals surface area contributed by atoms with Crippen LogP contribution in [0.5, 0.6) is 0 Å². The topological polar surface area (TPSA) is 26.0 Å². The molecular formula is C12H9F2N. The molecule has 0 aliphatic carbocycles. The monoisotopic (exact) mass is 205 g/mol. The van der Waals surface area contributed by atoms with Gasteiger partial charge in [0, 0.05) is 11.3 Å². The summed E-state index contributed by atoms with van der Waals surface area (Å²) in [5.74, 6) is -0.921. The standard InChI is InChI=1S/C12H9F2N/c13-9-4-5-12(14)11(7-9)8-2-1-3-10(15)6-8/h1-7H,15H2. The van der Waals surface area contributed by atoms with Gasteiger partial charge in [-0.3, -0.25) is 0 Å². The van der Waals surface area contributed by atoms with E-state index in [0.29, 0.717) is 11.3 Å². The van der Waals surface area contributed by atoms with Crippen LogP contribution in [-0.4, -0.2) is 0 Å². The van der Waals surface area contributed by atoms with E-state index in [9.17, 15) is 8.78 Å². The van der Waals surface area contributed by atoms with Crippen molar-refractivity contribution in [1.82, 2.24) is 0 Å². The van der Waals surface area contributed by atoms with Gasteiger partial charge in [-0.1, -0.05) is 12.1 Å². The Kier molecular flexibility index (Phi) is 2.37. The van der Waals surface area contributed by atoms with Gasteiger partial charge in [0.25, 0.3) is 0 Å². The fraction of sp³-hybridized carbons (Fsp3) is 0. The molecule has 0 aromatic heterocycles. The average Bonchev–Trinajstić information content (AvgIpc) is 2.22. The van der Waals surface area contributed by atoms with Gasteiger partial charge in [0.1, 0.15) is 11.6 Å². The van der Waals surface area contributed by atoms with Gasteiger partial charge < -0.3 is 5.73 Å². The number of rotatable bonds is 1. The van der Waals surface area contributed by atoms with Crippen molar-refractivity contribution in [2.45, 2.75) is 0 Å². The summed E-state index contributed by atoms with van der Waals surface area (Å²) >= 11 is 0. The summed E-state index contributed by atoms with van der Waals surface area (Å²) < 4.78 is 26.3. The Morgan fingerprint density at radius 2 is 1.73 bits per heavy atom. The molecule has 2 N–H and O–H groups in total. The molecular weight excluding hydrogens is 196 g/mol. The van der Waals surface area contributed by atoms with E-state index >= 15 is 0 Å². The fourth-order valence-corrected chi connectivity index (χ4v) is 1.42. The number of nitrogen functional groups attached to an aromatic ring is 1. The zero-order valence-electron chi connectivity index (χ0n) is 7.87. The second-order valence-corrected chi connectivity index (χ2v) is 3.25. The predicted octanol–water partition coefficient (Wildman–Crippen LogP) is 3.21. The minimum atomic E-state index is -0.464. The number of nitrogens with two attached hydrogens (primary N) is 1. The summed E-state index contributed by atoms with van der Waals surface area (Å²) in [5, 5.41) is 0. The molecule has 0 fully saturated rings. The van der Waals surface area contributed by atoms with Crippen LogP contribution < -0.4 is 5.73 Å². The first-order valence-corrected chi connectivity index (χ1v) is 4.48. The molecule has 2 rings (SSSR count). The summed E-state index contributed by atoms with van der Waals surface area (Å²) in [6, 6.07) is 10.0. The minimum absolute atomic E-state index is 0.224. The second kappa shape index (κ2) is 3.69. The van der Waals surface area contributed by atoms with Crippen LogP contribution in [0.15, 0.2) is 42.5 Å². The third-order valence-electron chi connectivity index (χ3n) is 2.13. The average molecular weight is 205 g/mol. The van der Waals surface area contributed by atoms with Crippen molar-refractivity contribution in [3.05, 3.63) is 54.1 Å². The fourth-order valence-electron chi connectivity index (χ4n) is 1.42. The summed E-state index contributed by atoms with van der Waals surface area (Å²) in [6.45, 7) is 0. The molecule has 0 saturated heterocycles. The maximum absolute atomic E-state index is 13.4. The van der Waals surface area contributed by atoms with E-state index in [1.807, 2.05) is 0 Å². The van der Waals surface area contributed by atoms with Crippen molar-refractivity contribution >= 4 is 5.69 Å². The molecule has 15 heavy (non-hydrogen) atoms. The normalized spacial score (nSPS) is 10.3. The Labute approximate surface area is 86.2 Å². The highest BCUT2D eigenvalue weighted by Gasteiger charge is 2.06. The highest BCUT2D eigenvalue weighted by molar-refractivity contribution is 5.67. The van der Waals surface area contributed by atoms with Crippen molar-refractivity contribution in [2.24, 2.45) is 0 Å². The van der Waals surface area contributed by atoms with Gasteiger partial charge in [-0.2, -0.15) is 0 Å². The molecule has 0 aliphatic rings. The van der Waals surface area contributed by atoms with Crippen LogP contribution in [0.25, 0.3) is 11.1 Å². The quantitative estimate of drug-likeness (QED) is 0.711. The maximum Gasteiger partial charge on any atom is 0.131 e. The third-order valence-corrected chi connectivity index (χ3v) is 2.13. The number of hydrogen-bond acceptors (Lipinski definition) is 1. The van der Waals surface area contributed by atoms with Crippen LogP contribution in [0.3, 0.4) is 0 Å². The lowest BCUT2D eigenvalue weighted by molar-refractivity contribution is 0.603. The van der Waals surface area contributed by atoms with E-state index in [-0.39, 0.29) is 5.56 Å². The first-order chi connectivity index (χ1) is 7.16. The second-order valence-electron chi connectivity index (χ2n) is 3.25. The SMILES string of the molecule is Nc1cccc(-c2cc(F)ccc2F)c1. The molecule has 2 aromatic rings. The van der Waals surface area contributed by atoms with Gasteiger partial charge in [-0.15, -0.1) is 0 Å². The van der Waals surface area contributed by atoms with Crippen molar-refractivity contribution in [1.29, 1.82) is 0 Å². The first-order valence-electron chi connectivity index (χ1n) is 4.48. The van der Waals surface area contributed by atoms with Crippen molar-refractivity contribution in [3.63, 3.8) is 0 Å². The summed E-state index contributed by atoms with van der Waals surface area (Å²) in [4.78, 5) is 0. The summed E-state index contributed by atoms with van der Waals surface area (Å²) in [7, 11) is 0. The molecule has 0 saturated carbocycles. The Bertz CT molecular complexity index is 495. The smallest absolute Gasteiger partial charge is 0.131 e. The maximum atomic E-state index is 13.4. The van der Waals surface area contributed by atoms with Crippen LogP contribution in [0, 0.1) is 11.6 Å². The Morgan fingerprint density at radius 1 is 0.933 bits per heavy atom. The molecule has 76 valence electrons.